The molecule has 2 aromatic carbocycles. The van der Waals surface area contributed by atoms with E-state index in [1.165, 1.54) is 5.56 Å². The summed E-state index contributed by atoms with van der Waals surface area (Å²) in [5.74, 6) is 0.718. The number of hydrogen-bond acceptors (Lipinski definition) is 5. The van der Waals surface area contributed by atoms with Crippen molar-refractivity contribution in [1.29, 1.82) is 0 Å². The van der Waals surface area contributed by atoms with Crippen LogP contribution in [-0.2, 0) is 4.74 Å². The summed E-state index contributed by atoms with van der Waals surface area (Å²) in [5, 5.41) is 3.44. The van der Waals surface area contributed by atoms with E-state index >= 15 is 0 Å². The van der Waals surface area contributed by atoms with Crippen molar-refractivity contribution < 1.29 is 14.3 Å². The largest absolute Gasteiger partial charge is 0.481 e. The molecule has 1 saturated carbocycles. The van der Waals surface area contributed by atoms with Gasteiger partial charge in [0.2, 0.25) is 5.88 Å². The molecule has 0 spiro atoms. The zero-order valence-electron chi connectivity index (χ0n) is 16.6. The minimum Gasteiger partial charge on any atom is -0.481 e. The van der Waals surface area contributed by atoms with Crippen LogP contribution in [0.15, 0.2) is 60.8 Å². The lowest BCUT2D eigenvalue weighted by Crippen LogP contribution is -2.09. The van der Waals surface area contributed by atoms with Crippen molar-refractivity contribution in [3.8, 4) is 17.0 Å². The average Bonchev–Trinajstić information content (AvgIpc) is 3.59. The van der Waals surface area contributed by atoms with Gasteiger partial charge in [-0.2, -0.15) is 0 Å². The van der Waals surface area contributed by atoms with Crippen LogP contribution in [-0.4, -0.2) is 24.7 Å². The third-order valence-electron chi connectivity index (χ3n) is 5.02. The molecule has 1 aliphatic rings. The summed E-state index contributed by atoms with van der Waals surface area (Å²) in [5.41, 5.74) is 5.37. The number of pyridine rings is 1. The zero-order valence-corrected chi connectivity index (χ0v) is 16.6. The molecule has 29 heavy (non-hydrogen) atoms. The normalized spacial score (nSPS) is 13.0. The highest BCUT2D eigenvalue weighted by Gasteiger charge is 2.32. The van der Waals surface area contributed by atoms with E-state index in [1.807, 2.05) is 36.4 Å². The maximum Gasteiger partial charge on any atom is 0.340 e. The molecular formula is C24H24N2O3. The van der Waals surface area contributed by atoms with E-state index < -0.39 is 0 Å². The molecule has 1 fully saturated rings. The van der Waals surface area contributed by atoms with Crippen molar-refractivity contribution in [3.63, 3.8) is 0 Å². The standard InChI is InChI=1S/C24H24N2O3/c1-3-29-24(27)18-11-7-8-12-19(18)26-20-15-25-23(28-2)22(21(20)17-13-14-17)16-9-5-4-6-10-16/h4-12,15,17,26H,3,13-14H2,1-2H3. The lowest BCUT2D eigenvalue weighted by atomic mass is 9.96. The van der Waals surface area contributed by atoms with Gasteiger partial charge in [-0.1, -0.05) is 42.5 Å². The van der Waals surface area contributed by atoms with Crippen molar-refractivity contribution in [2.45, 2.75) is 25.7 Å². The minimum atomic E-state index is -0.340. The van der Waals surface area contributed by atoms with Gasteiger partial charge >= 0.3 is 5.97 Å². The number of rotatable bonds is 7. The van der Waals surface area contributed by atoms with Gasteiger partial charge < -0.3 is 14.8 Å². The first-order valence-corrected chi connectivity index (χ1v) is 9.88. The van der Waals surface area contributed by atoms with Crippen molar-refractivity contribution in [2.75, 3.05) is 19.0 Å². The fourth-order valence-electron chi connectivity index (χ4n) is 3.57. The Morgan fingerprint density at radius 1 is 1.07 bits per heavy atom. The summed E-state index contributed by atoms with van der Waals surface area (Å²) in [6.07, 6.45) is 4.04. The average molecular weight is 388 g/mol. The van der Waals surface area contributed by atoms with Crippen LogP contribution in [0.4, 0.5) is 11.4 Å². The van der Waals surface area contributed by atoms with Crippen LogP contribution < -0.4 is 10.1 Å². The lowest BCUT2D eigenvalue weighted by Gasteiger charge is -2.19. The monoisotopic (exact) mass is 388 g/mol. The molecule has 0 unspecified atom stereocenters. The van der Waals surface area contributed by atoms with Gasteiger partial charge in [0.15, 0.2) is 0 Å². The molecular weight excluding hydrogens is 364 g/mol. The van der Waals surface area contributed by atoms with Gasteiger partial charge in [0.25, 0.3) is 0 Å². The Morgan fingerprint density at radius 3 is 2.48 bits per heavy atom. The highest BCUT2D eigenvalue weighted by atomic mass is 16.5. The van der Waals surface area contributed by atoms with Gasteiger partial charge in [0.1, 0.15) is 0 Å². The van der Waals surface area contributed by atoms with E-state index in [4.69, 9.17) is 9.47 Å². The third-order valence-corrected chi connectivity index (χ3v) is 5.02. The number of nitrogens with zero attached hydrogens (tertiary/aromatic N) is 1. The topological polar surface area (TPSA) is 60.5 Å². The molecule has 1 heterocycles. The summed E-state index contributed by atoms with van der Waals surface area (Å²) >= 11 is 0. The second-order valence-electron chi connectivity index (χ2n) is 7.00. The Hall–Kier alpha value is -3.34. The molecule has 5 heteroatoms. The fourth-order valence-corrected chi connectivity index (χ4v) is 3.57. The highest BCUT2D eigenvalue weighted by molar-refractivity contribution is 5.97. The third kappa shape index (κ3) is 3.94. The van der Waals surface area contributed by atoms with E-state index in [2.05, 4.69) is 22.4 Å². The van der Waals surface area contributed by atoms with Crippen molar-refractivity contribution in [3.05, 3.63) is 71.9 Å². The van der Waals surface area contributed by atoms with Crippen LogP contribution in [0.25, 0.3) is 11.1 Å². The van der Waals surface area contributed by atoms with Crippen LogP contribution in [0.3, 0.4) is 0 Å². The number of carbonyl (C=O) groups excluding carboxylic acids is 1. The molecule has 0 atom stereocenters. The number of aromatic nitrogens is 1. The van der Waals surface area contributed by atoms with Gasteiger partial charge in [-0.25, -0.2) is 9.78 Å². The molecule has 0 radical (unpaired) electrons. The first-order valence-electron chi connectivity index (χ1n) is 9.88. The van der Waals surface area contributed by atoms with Gasteiger partial charge in [0.05, 0.1) is 36.9 Å². The summed E-state index contributed by atoms with van der Waals surface area (Å²) in [6.45, 7) is 2.14. The fraction of sp³-hybridized carbons (Fsp3) is 0.250. The molecule has 0 bridgehead atoms. The van der Waals surface area contributed by atoms with Crippen molar-refractivity contribution in [2.24, 2.45) is 0 Å². The first-order chi connectivity index (χ1) is 14.2. The number of anilines is 2. The zero-order chi connectivity index (χ0) is 20.2. The van der Waals surface area contributed by atoms with Gasteiger partial charge in [-0.05, 0) is 48.9 Å². The van der Waals surface area contributed by atoms with E-state index in [-0.39, 0.29) is 5.97 Å². The van der Waals surface area contributed by atoms with E-state index in [1.54, 1.807) is 26.3 Å². The first kappa shape index (κ1) is 19.0. The SMILES string of the molecule is CCOC(=O)c1ccccc1Nc1cnc(OC)c(-c2ccccc2)c1C1CC1. The van der Waals surface area contributed by atoms with Gasteiger partial charge in [0, 0.05) is 5.56 Å². The van der Waals surface area contributed by atoms with Crippen molar-refractivity contribution >= 4 is 17.3 Å². The van der Waals surface area contributed by atoms with E-state index in [9.17, 15) is 4.79 Å². The summed E-state index contributed by atoms with van der Waals surface area (Å²) < 4.78 is 10.8. The van der Waals surface area contributed by atoms with Crippen LogP contribution >= 0.6 is 0 Å². The number of methoxy groups -OCH3 is 1. The van der Waals surface area contributed by atoms with Gasteiger partial charge in [-0.15, -0.1) is 0 Å². The quantitative estimate of drug-likeness (QED) is 0.537. The molecule has 0 amide bonds. The Morgan fingerprint density at radius 2 is 1.79 bits per heavy atom. The van der Waals surface area contributed by atoms with E-state index in [0.29, 0.717) is 29.7 Å². The van der Waals surface area contributed by atoms with Crippen LogP contribution in [0.1, 0.15) is 41.6 Å². The Bertz CT molecular complexity index is 1010. The number of para-hydroxylation sites is 1. The summed E-state index contributed by atoms with van der Waals surface area (Å²) in [6, 6.07) is 17.6. The number of ether oxygens (including phenoxy) is 2. The Kier molecular flexibility index (Phi) is 5.47. The van der Waals surface area contributed by atoms with Crippen LogP contribution in [0, 0.1) is 0 Å². The predicted octanol–water partition coefficient (Wildman–Crippen LogP) is 5.55. The maximum absolute atomic E-state index is 12.4. The highest BCUT2D eigenvalue weighted by Crippen LogP contribution is 2.50. The molecule has 148 valence electrons. The number of carbonyl (C=O) groups is 1. The Balaban J connectivity index is 1.81. The van der Waals surface area contributed by atoms with E-state index in [0.717, 1.165) is 29.7 Å². The molecule has 0 aliphatic heterocycles. The maximum atomic E-state index is 12.4. The molecule has 3 aromatic rings. The smallest absolute Gasteiger partial charge is 0.340 e. The molecule has 5 nitrogen and oxygen atoms in total. The molecule has 0 saturated heterocycles. The molecule has 1 aromatic heterocycles. The van der Waals surface area contributed by atoms with Gasteiger partial charge in [-0.3, -0.25) is 0 Å². The number of benzene rings is 2. The predicted molar refractivity (Wildman–Crippen MR) is 114 cm³/mol. The lowest BCUT2D eigenvalue weighted by molar-refractivity contribution is 0.0527. The second-order valence-corrected chi connectivity index (χ2v) is 7.00. The second kappa shape index (κ2) is 8.35. The molecule has 1 aliphatic carbocycles. The number of hydrogen-bond donors (Lipinski definition) is 1. The summed E-state index contributed by atoms with van der Waals surface area (Å²) in [7, 11) is 1.65. The Labute approximate surface area is 170 Å². The number of esters is 1. The summed E-state index contributed by atoms with van der Waals surface area (Å²) in [4.78, 5) is 16.9. The van der Waals surface area contributed by atoms with Crippen molar-refractivity contribution in [1.82, 2.24) is 4.98 Å². The number of nitrogens with one attached hydrogen (secondary N) is 1. The molecule has 1 N–H and O–H groups in total. The van der Waals surface area contributed by atoms with Crippen LogP contribution in [0.5, 0.6) is 5.88 Å². The minimum absolute atomic E-state index is 0.336. The molecule has 4 rings (SSSR count). The van der Waals surface area contributed by atoms with Crippen LogP contribution in [0.2, 0.25) is 0 Å².